The minimum Gasteiger partial charge on any atom is -0.497 e. The Morgan fingerprint density at radius 2 is 1.83 bits per heavy atom. The maximum atomic E-state index is 12.4. The molecule has 2 rings (SSSR count). The number of hydrogen-bond donors (Lipinski definition) is 2. The Bertz CT molecular complexity index is 816. The van der Waals surface area contributed by atoms with Gasteiger partial charge in [-0.2, -0.15) is 13.1 Å². The SMILES string of the molecule is COc1ccc(S(=O)(=O)[N]c2c(C)cccc2C(=O)NO)cc1. The van der Waals surface area contributed by atoms with Gasteiger partial charge in [-0.15, -0.1) is 0 Å². The monoisotopic (exact) mass is 335 g/mol. The number of hydrogen-bond acceptors (Lipinski definition) is 5. The molecular formula is C15H15N2O5S. The average molecular weight is 335 g/mol. The second-order valence-electron chi connectivity index (χ2n) is 4.65. The fourth-order valence-electron chi connectivity index (χ4n) is 1.94. The van der Waals surface area contributed by atoms with Crippen molar-refractivity contribution in [3.63, 3.8) is 0 Å². The number of nitrogens with one attached hydrogen (secondary N) is 1. The lowest BCUT2D eigenvalue weighted by molar-refractivity contribution is 0.0707. The Morgan fingerprint density at radius 3 is 2.39 bits per heavy atom. The number of ether oxygens (including phenoxy) is 1. The summed E-state index contributed by atoms with van der Waals surface area (Å²) in [6.07, 6.45) is 0. The fraction of sp³-hybridized carbons (Fsp3) is 0.133. The first kappa shape index (κ1) is 16.8. The molecule has 1 amide bonds. The summed E-state index contributed by atoms with van der Waals surface area (Å²) in [6.45, 7) is 1.62. The van der Waals surface area contributed by atoms with Crippen LogP contribution >= 0.6 is 0 Å². The molecule has 0 saturated heterocycles. The van der Waals surface area contributed by atoms with E-state index < -0.39 is 15.9 Å². The lowest BCUT2D eigenvalue weighted by Gasteiger charge is -2.11. The summed E-state index contributed by atoms with van der Waals surface area (Å²) in [5.41, 5.74) is 1.91. The van der Waals surface area contributed by atoms with Crippen molar-refractivity contribution < 1.29 is 23.2 Å². The Hall–Kier alpha value is -2.58. The van der Waals surface area contributed by atoms with Crippen LogP contribution in [0.4, 0.5) is 5.69 Å². The largest absolute Gasteiger partial charge is 0.497 e. The number of benzene rings is 2. The fourth-order valence-corrected chi connectivity index (χ4v) is 3.01. The minimum atomic E-state index is -4.02. The van der Waals surface area contributed by atoms with E-state index in [1.54, 1.807) is 19.1 Å². The maximum Gasteiger partial charge on any atom is 0.282 e. The van der Waals surface area contributed by atoms with Crippen molar-refractivity contribution in [2.24, 2.45) is 0 Å². The molecule has 0 unspecified atom stereocenters. The van der Waals surface area contributed by atoms with Gasteiger partial charge in [0.25, 0.3) is 15.9 Å². The number of methoxy groups -OCH3 is 1. The van der Waals surface area contributed by atoms with Crippen molar-refractivity contribution in [3.8, 4) is 5.75 Å². The van der Waals surface area contributed by atoms with Crippen molar-refractivity contribution in [1.82, 2.24) is 10.2 Å². The minimum absolute atomic E-state index is 0.0186. The van der Waals surface area contributed by atoms with Gasteiger partial charge >= 0.3 is 0 Å². The molecule has 0 aromatic heterocycles. The highest BCUT2D eigenvalue weighted by atomic mass is 32.2. The van der Waals surface area contributed by atoms with Crippen LogP contribution in [-0.2, 0) is 10.0 Å². The Labute approximate surface area is 133 Å². The predicted octanol–water partition coefficient (Wildman–Crippen LogP) is 1.75. The van der Waals surface area contributed by atoms with Gasteiger partial charge in [-0.05, 0) is 42.8 Å². The molecule has 2 aromatic rings. The summed E-state index contributed by atoms with van der Waals surface area (Å²) < 4.78 is 33.6. The van der Waals surface area contributed by atoms with Crippen LogP contribution < -0.4 is 14.9 Å². The van der Waals surface area contributed by atoms with Crippen LogP contribution in [-0.4, -0.2) is 26.6 Å². The molecule has 0 atom stereocenters. The van der Waals surface area contributed by atoms with Crippen molar-refractivity contribution >= 4 is 21.6 Å². The normalized spacial score (nSPS) is 10.9. The number of nitrogens with zero attached hydrogens (tertiary/aromatic N) is 1. The van der Waals surface area contributed by atoms with Crippen molar-refractivity contribution in [2.45, 2.75) is 11.8 Å². The topological polar surface area (TPSA) is 107 Å². The number of hydroxylamine groups is 1. The van der Waals surface area contributed by atoms with Crippen LogP contribution in [0.5, 0.6) is 5.75 Å². The first-order valence-corrected chi connectivity index (χ1v) is 7.99. The number of amides is 1. The smallest absolute Gasteiger partial charge is 0.282 e. The lowest BCUT2D eigenvalue weighted by Crippen LogP contribution is -2.22. The van der Waals surface area contributed by atoms with Crippen LogP contribution in [0.1, 0.15) is 15.9 Å². The summed E-state index contributed by atoms with van der Waals surface area (Å²) in [7, 11) is -2.54. The number of aryl methyl sites for hydroxylation is 1. The van der Waals surface area contributed by atoms with Gasteiger partial charge in [0, 0.05) is 0 Å². The summed E-state index contributed by atoms with van der Waals surface area (Å²) in [6, 6.07) is 10.3. The van der Waals surface area contributed by atoms with Gasteiger partial charge in [-0.25, -0.2) is 5.48 Å². The van der Waals surface area contributed by atoms with Gasteiger partial charge in [0.2, 0.25) is 0 Å². The standard InChI is InChI=1S/C15H15N2O5S/c1-10-4-3-5-13(15(18)16-19)14(10)17-23(20,21)12-8-6-11(22-2)7-9-12/h3-9,19H,1-2H3,(H,16,18). The summed E-state index contributed by atoms with van der Waals surface area (Å²) >= 11 is 0. The molecule has 0 aliphatic carbocycles. The number of rotatable bonds is 5. The maximum absolute atomic E-state index is 12.4. The van der Waals surface area contributed by atoms with E-state index in [2.05, 4.69) is 4.72 Å². The van der Waals surface area contributed by atoms with Gasteiger partial charge < -0.3 is 4.74 Å². The molecule has 7 nitrogen and oxygen atoms in total. The van der Waals surface area contributed by atoms with Crippen LogP contribution in [0.25, 0.3) is 0 Å². The molecule has 0 aliphatic heterocycles. The zero-order valence-electron chi connectivity index (χ0n) is 12.5. The Morgan fingerprint density at radius 1 is 1.17 bits per heavy atom. The van der Waals surface area contributed by atoms with Crippen LogP contribution in [0.3, 0.4) is 0 Å². The number of carbonyl (C=O) groups is 1. The zero-order valence-corrected chi connectivity index (χ0v) is 13.3. The third kappa shape index (κ3) is 3.61. The van der Waals surface area contributed by atoms with E-state index in [1.807, 2.05) is 0 Å². The lowest BCUT2D eigenvalue weighted by atomic mass is 10.1. The quantitative estimate of drug-likeness (QED) is 0.639. The molecule has 8 heteroatoms. The van der Waals surface area contributed by atoms with E-state index in [0.29, 0.717) is 11.3 Å². The van der Waals surface area contributed by atoms with Gasteiger partial charge in [-0.1, -0.05) is 12.1 Å². The second-order valence-corrected chi connectivity index (χ2v) is 6.26. The second kappa shape index (κ2) is 6.67. The molecule has 23 heavy (non-hydrogen) atoms. The average Bonchev–Trinajstić information content (AvgIpc) is 2.56. The highest BCUT2D eigenvalue weighted by Gasteiger charge is 2.22. The number of sulfonamides is 1. The molecule has 0 bridgehead atoms. The zero-order chi connectivity index (χ0) is 17.0. The van der Waals surface area contributed by atoms with Crippen molar-refractivity contribution in [1.29, 1.82) is 0 Å². The van der Waals surface area contributed by atoms with Crippen LogP contribution in [0, 0.1) is 6.92 Å². The van der Waals surface area contributed by atoms with E-state index in [4.69, 9.17) is 9.94 Å². The molecule has 1 radical (unpaired) electrons. The summed E-state index contributed by atoms with van der Waals surface area (Å²) in [4.78, 5) is 11.6. The Kier molecular flexibility index (Phi) is 4.87. The van der Waals surface area contributed by atoms with Crippen LogP contribution in [0.2, 0.25) is 0 Å². The van der Waals surface area contributed by atoms with Gasteiger partial charge in [0.05, 0.1) is 23.3 Å². The van der Waals surface area contributed by atoms with Gasteiger partial charge in [0.1, 0.15) is 5.75 Å². The third-order valence-electron chi connectivity index (χ3n) is 3.15. The molecule has 0 aliphatic rings. The molecular weight excluding hydrogens is 320 g/mol. The van der Waals surface area contributed by atoms with Crippen LogP contribution in [0.15, 0.2) is 47.4 Å². The van der Waals surface area contributed by atoms with Crippen molar-refractivity contribution in [3.05, 3.63) is 53.6 Å². The predicted molar refractivity (Wildman–Crippen MR) is 82.4 cm³/mol. The molecule has 2 aromatic carbocycles. The molecule has 121 valence electrons. The van der Waals surface area contributed by atoms with E-state index in [1.165, 1.54) is 42.9 Å². The van der Waals surface area contributed by atoms with E-state index in [-0.39, 0.29) is 16.1 Å². The first-order chi connectivity index (χ1) is 10.9. The molecule has 0 heterocycles. The van der Waals surface area contributed by atoms with E-state index in [0.717, 1.165) is 0 Å². The first-order valence-electron chi connectivity index (χ1n) is 6.55. The third-order valence-corrected chi connectivity index (χ3v) is 4.44. The molecule has 0 saturated carbocycles. The van der Waals surface area contributed by atoms with Gasteiger partial charge in [0.15, 0.2) is 0 Å². The van der Waals surface area contributed by atoms with E-state index >= 15 is 0 Å². The molecule has 2 N–H and O–H groups in total. The summed E-state index contributed by atoms with van der Waals surface area (Å²) in [5.74, 6) is -0.322. The number of carbonyl (C=O) groups excluding carboxylic acids is 1. The highest BCUT2D eigenvalue weighted by Crippen LogP contribution is 2.25. The summed E-state index contributed by atoms with van der Waals surface area (Å²) in [5, 5.41) is 8.77. The molecule has 0 spiro atoms. The molecule has 0 fully saturated rings. The Balaban J connectivity index is 2.42. The van der Waals surface area contributed by atoms with Crippen molar-refractivity contribution in [2.75, 3.05) is 7.11 Å². The van der Waals surface area contributed by atoms with Gasteiger partial charge in [-0.3, -0.25) is 10.0 Å². The highest BCUT2D eigenvalue weighted by molar-refractivity contribution is 7.89. The van der Waals surface area contributed by atoms with E-state index in [9.17, 15) is 13.2 Å².